The predicted octanol–water partition coefficient (Wildman–Crippen LogP) is 4.17. The normalized spacial score (nSPS) is 18.2. The molecule has 0 bridgehead atoms. The molecular weight excluding hydrogens is 264 g/mol. The van der Waals surface area contributed by atoms with Gasteiger partial charge >= 0.3 is 0 Å². The Morgan fingerprint density at radius 2 is 1.67 bits per heavy atom. The third-order valence-corrected chi connectivity index (χ3v) is 3.48. The summed E-state index contributed by atoms with van der Waals surface area (Å²) in [7, 11) is 0. The maximum absolute atomic E-state index is 5.80. The van der Waals surface area contributed by atoms with Crippen LogP contribution in [-0.4, -0.2) is 12.9 Å². The highest BCUT2D eigenvalue weighted by molar-refractivity contribution is 5.31. The van der Waals surface area contributed by atoms with E-state index in [9.17, 15) is 0 Å². The molecule has 0 aromatic heterocycles. The lowest BCUT2D eigenvalue weighted by molar-refractivity contribution is -0.105. The quantitative estimate of drug-likeness (QED) is 0.824. The van der Waals surface area contributed by atoms with Crippen LogP contribution in [0, 0.1) is 0 Å². The minimum absolute atomic E-state index is 0.102. The van der Waals surface area contributed by atoms with E-state index in [1.165, 1.54) is 6.42 Å². The highest BCUT2D eigenvalue weighted by Crippen LogP contribution is 2.22. The highest BCUT2D eigenvalue weighted by Gasteiger charge is 2.14. The van der Waals surface area contributed by atoms with Gasteiger partial charge in [0.1, 0.15) is 18.1 Å². The number of hydrogen-bond donors (Lipinski definition) is 0. The van der Waals surface area contributed by atoms with E-state index in [1.54, 1.807) is 0 Å². The fourth-order valence-electron chi connectivity index (χ4n) is 2.31. The Morgan fingerprint density at radius 1 is 0.905 bits per heavy atom. The molecule has 1 unspecified atom stereocenters. The topological polar surface area (TPSA) is 27.7 Å². The average molecular weight is 284 g/mol. The zero-order valence-electron chi connectivity index (χ0n) is 12.0. The van der Waals surface area contributed by atoms with Crippen molar-refractivity contribution in [2.75, 3.05) is 6.61 Å². The van der Waals surface area contributed by atoms with Crippen molar-refractivity contribution in [1.82, 2.24) is 0 Å². The minimum Gasteiger partial charge on any atom is -0.489 e. The van der Waals surface area contributed by atoms with Gasteiger partial charge in [0.05, 0.1) is 6.61 Å². The van der Waals surface area contributed by atoms with Gasteiger partial charge in [0.25, 0.3) is 0 Å². The zero-order valence-corrected chi connectivity index (χ0v) is 12.0. The Hall–Kier alpha value is -2.00. The van der Waals surface area contributed by atoms with Gasteiger partial charge in [-0.25, -0.2) is 0 Å². The Kier molecular flexibility index (Phi) is 4.74. The Labute approximate surface area is 125 Å². The molecule has 0 aliphatic carbocycles. The Morgan fingerprint density at radius 3 is 2.38 bits per heavy atom. The summed E-state index contributed by atoms with van der Waals surface area (Å²) in [6.07, 6.45) is 3.16. The van der Waals surface area contributed by atoms with Crippen molar-refractivity contribution in [2.45, 2.75) is 32.2 Å². The molecule has 0 N–H and O–H groups in total. The average Bonchev–Trinajstić information content (AvgIpc) is 2.56. The van der Waals surface area contributed by atoms with Crippen molar-refractivity contribution in [3.63, 3.8) is 0 Å². The zero-order chi connectivity index (χ0) is 14.3. The van der Waals surface area contributed by atoms with E-state index < -0.39 is 0 Å². The fraction of sp³-hybridized carbons (Fsp3) is 0.333. The van der Waals surface area contributed by atoms with Crippen LogP contribution in [0.5, 0.6) is 11.5 Å². The molecule has 0 radical (unpaired) electrons. The number of benzene rings is 2. The van der Waals surface area contributed by atoms with Gasteiger partial charge < -0.3 is 14.2 Å². The molecule has 0 amide bonds. The summed E-state index contributed by atoms with van der Waals surface area (Å²) in [6.45, 7) is 1.37. The first-order valence-corrected chi connectivity index (χ1v) is 7.45. The molecule has 0 spiro atoms. The van der Waals surface area contributed by atoms with Crippen LogP contribution in [0.4, 0.5) is 0 Å². The third kappa shape index (κ3) is 4.23. The van der Waals surface area contributed by atoms with Gasteiger partial charge in [0, 0.05) is 6.42 Å². The SMILES string of the molecule is c1ccc(COc2ccc(OC3CCCCO3)cc2)cc1. The molecule has 1 heterocycles. The lowest BCUT2D eigenvalue weighted by Crippen LogP contribution is -2.24. The van der Waals surface area contributed by atoms with E-state index in [0.717, 1.165) is 36.5 Å². The van der Waals surface area contributed by atoms with Crippen LogP contribution >= 0.6 is 0 Å². The summed E-state index contributed by atoms with van der Waals surface area (Å²) in [4.78, 5) is 0. The molecule has 1 saturated heterocycles. The molecule has 0 saturated carbocycles. The van der Waals surface area contributed by atoms with Gasteiger partial charge in [-0.2, -0.15) is 0 Å². The van der Waals surface area contributed by atoms with Crippen molar-refractivity contribution in [3.8, 4) is 11.5 Å². The van der Waals surface area contributed by atoms with Gasteiger partial charge in [-0.1, -0.05) is 30.3 Å². The molecule has 1 atom stereocenters. The van der Waals surface area contributed by atoms with E-state index in [2.05, 4.69) is 12.1 Å². The van der Waals surface area contributed by atoms with E-state index >= 15 is 0 Å². The maximum Gasteiger partial charge on any atom is 0.199 e. The smallest absolute Gasteiger partial charge is 0.199 e. The van der Waals surface area contributed by atoms with Crippen molar-refractivity contribution >= 4 is 0 Å². The molecule has 21 heavy (non-hydrogen) atoms. The first-order valence-electron chi connectivity index (χ1n) is 7.45. The molecule has 1 aliphatic heterocycles. The van der Waals surface area contributed by atoms with Crippen LogP contribution in [0.3, 0.4) is 0 Å². The molecule has 1 fully saturated rings. The molecule has 3 rings (SSSR count). The third-order valence-electron chi connectivity index (χ3n) is 3.48. The summed E-state index contributed by atoms with van der Waals surface area (Å²) in [5, 5.41) is 0. The summed E-state index contributed by atoms with van der Waals surface area (Å²) in [5.41, 5.74) is 1.16. The molecule has 3 heteroatoms. The first kappa shape index (κ1) is 14.0. The van der Waals surface area contributed by atoms with Crippen molar-refractivity contribution in [1.29, 1.82) is 0 Å². The second kappa shape index (κ2) is 7.14. The second-order valence-electron chi connectivity index (χ2n) is 5.16. The largest absolute Gasteiger partial charge is 0.489 e. The van der Waals surface area contributed by atoms with Crippen molar-refractivity contribution in [2.24, 2.45) is 0 Å². The Balaban J connectivity index is 1.51. The van der Waals surface area contributed by atoms with Crippen LogP contribution in [-0.2, 0) is 11.3 Å². The summed E-state index contributed by atoms with van der Waals surface area (Å²) in [5.74, 6) is 1.67. The van der Waals surface area contributed by atoms with Crippen LogP contribution in [0.2, 0.25) is 0 Å². The van der Waals surface area contributed by atoms with Gasteiger partial charge in [-0.15, -0.1) is 0 Å². The Bertz CT molecular complexity index is 530. The monoisotopic (exact) mass is 284 g/mol. The number of hydrogen-bond acceptors (Lipinski definition) is 3. The number of rotatable bonds is 5. The molecule has 2 aromatic carbocycles. The van der Waals surface area contributed by atoms with Crippen LogP contribution < -0.4 is 9.47 Å². The minimum atomic E-state index is -0.102. The second-order valence-corrected chi connectivity index (χ2v) is 5.16. The first-order chi connectivity index (χ1) is 10.4. The van der Waals surface area contributed by atoms with Crippen molar-refractivity contribution in [3.05, 3.63) is 60.2 Å². The van der Waals surface area contributed by atoms with E-state index in [-0.39, 0.29) is 6.29 Å². The summed E-state index contributed by atoms with van der Waals surface area (Å²) in [6, 6.07) is 17.9. The van der Waals surface area contributed by atoms with Crippen molar-refractivity contribution < 1.29 is 14.2 Å². The molecule has 1 aliphatic rings. The maximum atomic E-state index is 5.80. The summed E-state index contributed by atoms with van der Waals surface area (Å²) < 4.78 is 17.1. The molecule has 2 aromatic rings. The van der Waals surface area contributed by atoms with Crippen LogP contribution in [0.1, 0.15) is 24.8 Å². The van der Waals surface area contributed by atoms with Gasteiger partial charge in [0.2, 0.25) is 0 Å². The predicted molar refractivity (Wildman–Crippen MR) is 81.4 cm³/mol. The standard InChI is InChI=1S/C18H20O3/c1-2-6-15(7-3-1)14-20-16-9-11-17(12-10-16)21-18-8-4-5-13-19-18/h1-3,6-7,9-12,18H,4-5,8,13-14H2. The van der Waals surface area contributed by atoms with E-state index in [4.69, 9.17) is 14.2 Å². The molecule has 3 nitrogen and oxygen atoms in total. The fourth-order valence-corrected chi connectivity index (χ4v) is 2.31. The van der Waals surface area contributed by atoms with Gasteiger partial charge in [-0.3, -0.25) is 0 Å². The highest BCUT2D eigenvalue weighted by atomic mass is 16.7. The summed E-state index contributed by atoms with van der Waals surface area (Å²) >= 11 is 0. The lowest BCUT2D eigenvalue weighted by Gasteiger charge is -2.23. The molecule has 110 valence electrons. The van der Waals surface area contributed by atoms with Gasteiger partial charge in [0.15, 0.2) is 6.29 Å². The number of ether oxygens (including phenoxy) is 3. The van der Waals surface area contributed by atoms with Crippen LogP contribution in [0.15, 0.2) is 54.6 Å². The lowest BCUT2D eigenvalue weighted by atomic mass is 10.2. The molecular formula is C18H20O3. The van der Waals surface area contributed by atoms with E-state index in [1.807, 2.05) is 42.5 Å². The van der Waals surface area contributed by atoms with Gasteiger partial charge in [-0.05, 0) is 42.7 Å². The van der Waals surface area contributed by atoms with Crippen LogP contribution in [0.25, 0.3) is 0 Å². The van der Waals surface area contributed by atoms with E-state index in [0.29, 0.717) is 6.61 Å².